The molecule has 0 aromatic heterocycles. The summed E-state index contributed by atoms with van der Waals surface area (Å²) in [6.45, 7) is 4.18. The van der Waals surface area contributed by atoms with Gasteiger partial charge in [-0.2, -0.15) is 0 Å². The molecule has 0 spiro atoms. The topological polar surface area (TPSA) is 52.6 Å². The third-order valence-electron chi connectivity index (χ3n) is 4.53. The van der Waals surface area contributed by atoms with Crippen LogP contribution in [0.3, 0.4) is 0 Å². The number of benzene rings is 2. The van der Waals surface area contributed by atoms with Crippen molar-refractivity contribution in [2.75, 3.05) is 0 Å². The van der Waals surface area contributed by atoms with Crippen molar-refractivity contribution in [3.63, 3.8) is 0 Å². The number of ether oxygens (including phenoxy) is 2. The zero-order chi connectivity index (χ0) is 19.8. The van der Waals surface area contributed by atoms with E-state index in [0.29, 0.717) is 16.9 Å². The second-order valence-electron chi connectivity index (χ2n) is 6.37. The Bertz CT molecular complexity index is 869. The summed E-state index contributed by atoms with van der Waals surface area (Å²) < 4.78 is 38.6. The highest BCUT2D eigenvalue weighted by Gasteiger charge is 2.55. The van der Waals surface area contributed by atoms with Gasteiger partial charge in [-0.3, -0.25) is 9.59 Å². The molecule has 1 unspecified atom stereocenters. The Morgan fingerprint density at radius 1 is 0.926 bits per heavy atom. The van der Waals surface area contributed by atoms with Gasteiger partial charge in [0.15, 0.2) is 17.5 Å². The van der Waals surface area contributed by atoms with Crippen molar-refractivity contribution in [3.05, 3.63) is 82.6 Å². The minimum absolute atomic E-state index is 0.207. The zero-order valence-electron chi connectivity index (χ0n) is 15.1. The van der Waals surface area contributed by atoms with E-state index in [1.165, 1.54) is 62.4 Å². The van der Waals surface area contributed by atoms with Crippen LogP contribution in [0.5, 0.6) is 0 Å². The molecule has 140 valence electrons. The molecule has 0 bridgehead atoms. The minimum Gasteiger partial charge on any atom is -0.478 e. The van der Waals surface area contributed by atoms with Crippen molar-refractivity contribution in [1.82, 2.24) is 0 Å². The molecule has 0 amide bonds. The quantitative estimate of drug-likeness (QED) is 0.761. The van der Waals surface area contributed by atoms with Crippen molar-refractivity contribution < 1.29 is 27.8 Å². The number of carbonyl (C=O) groups is 2. The first-order chi connectivity index (χ1) is 12.8. The maximum absolute atomic E-state index is 13.5. The fourth-order valence-corrected chi connectivity index (χ4v) is 3.46. The lowest BCUT2D eigenvalue weighted by Gasteiger charge is -2.36. The molecule has 1 atom stereocenters. The SMILES string of the molecule is CC(=O)OC1C(C(C)=O)=C(C)OC1(c1ccc(F)cc1)c1ccc(F)cc1. The van der Waals surface area contributed by atoms with Crippen LogP contribution in [0.25, 0.3) is 0 Å². The van der Waals surface area contributed by atoms with Crippen molar-refractivity contribution in [2.45, 2.75) is 32.5 Å². The van der Waals surface area contributed by atoms with Gasteiger partial charge in [-0.15, -0.1) is 0 Å². The van der Waals surface area contributed by atoms with E-state index in [-0.39, 0.29) is 11.4 Å². The van der Waals surface area contributed by atoms with Crippen LogP contribution in [0.15, 0.2) is 59.9 Å². The number of Topliss-reactive ketones (excluding diaryl/α,β-unsaturated/α-hetero) is 1. The number of ketones is 1. The van der Waals surface area contributed by atoms with Crippen molar-refractivity contribution >= 4 is 11.8 Å². The van der Waals surface area contributed by atoms with E-state index in [0.717, 1.165) is 0 Å². The van der Waals surface area contributed by atoms with Crippen LogP contribution in [0.1, 0.15) is 31.9 Å². The number of esters is 1. The smallest absolute Gasteiger partial charge is 0.303 e. The molecule has 3 rings (SSSR count). The first-order valence-corrected chi connectivity index (χ1v) is 8.35. The Morgan fingerprint density at radius 3 is 1.74 bits per heavy atom. The number of halogens is 2. The molecule has 1 aliphatic heterocycles. The van der Waals surface area contributed by atoms with Crippen molar-refractivity contribution in [3.8, 4) is 0 Å². The van der Waals surface area contributed by atoms with Gasteiger partial charge in [0.2, 0.25) is 0 Å². The average molecular weight is 372 g/mol. The molecule has 2 aromatic rings. The molecule has 0 N–H and O–H groups in total. The fourth-order valence-electron chi connectivity index (χ4n) is 3.46. The van der Waals surface area contributed by atoms with Gasteiger partial charge >= 0.3 is 5.97 Å². The first kappa shape index (κ1) is 18.8. The summed E-state index contributed by atoms with van der Waals surface area (Å²) in [6, 6.07) is 11.0. The predicted octanol–water partition coefficient (Wildman–Crippen LogP) is 4.03. The van der Waals surface area contributed by atoms with Crippen LogP contribution in [0, 0.1) is 11.6 Å². The monoisotopic (exact) mass is 372 g/mol. The van der Waals surface area contributed by atoms with E-state index in [1.54, 1.807) is 6.92 Å². The lowest BCUT2D eigenvalue weighted by Crippen LogP contribution is -2.43. The molecule has 2 aromatic carbocycles. The second-order valence-corrected chi connectivity index (χ2v) is 6.37. The normalized spacial score (nSPS) is 18.2. The van der Waals surface area contributed by atoms with E-state index in [9.17, 15) is 18.4 Å². The highest BCUT2D eigenvalue weighted by atomic mass is 19.1. The Balaban J connectivity index is 2.28. The average Bonchev–Trinajstić information content (AvgIpc) is 2.88. The first-order valence-electron chi connectivity index (χ1n) is 8.35. The lowest BCUT2D eigenvalue weighted by molar-refractivity contribution is -0.153. The Kier molecular flexibility index (Phi) is 4.83. The van der Waals surface area contributed by atoms with Gasteiger partial charge in [-0.25, -0.2) is 8.78 Å². The van der Waals surface area contributed by atoms with Crippen LogP contribution in [-0.4, -0.2) is 17.9 Å². The highest BCUT2D eigenvalue weighted by molar-refractivity contribution is 5.96. The summed E-state index contributed by atoms with van der Waals surface area (Å²) in [7, 11) is 0. The molecule has 1 aliphatic rings. The summed E-state index contributed by atoms with van der Waals surface area (Å²) in [5.74, 6) is -1.53. The summed E-state index contributed by atoms with van der Waals surface area (Å²) >= 11 is 0. The Morgan fingerprint density at radius 2 is 1.37 bits per heavy atom. The maximum atomic E-state index is 13.5. The predicted molar refractivity (Wildman–Crippen MR) is 93.6 cm³/mol. The second kappa shape index (κ2) is 6.95. The zero-order valence-corrected chi connectivity index (χ0v) is 15.1. The molecular formula is C21H18F2O4. The third-order valence-corrected chi connectivity index (χ3v) is 4.53. The summed E-state index contributed by atoms with van der Waals surface area (Å²) in [6.07, 6.45) is -1.09. The van der Waals surface area contributed by atoms with Crippen LogP contribution >= 0.6 is 0 Å². The molecule has 0 aliphatic carbocycles. The van der Waals surface area contributed by atoms with Gasteiger partial charge in [0, 0.05) is 18.1 Å². The van der Waals surface area contributed by atoms with Gasteiger partial charge in [0.1, 0.15) is 17.4 Å². The molecule has 0 radical (unpaired) electrons. The largest absolute Gasteiger partial charge is 0.478 e. The van der Waals surface area contributed by atoms with Crippen LogP contribution < -0.4 is 0 Å². The van der Waals surface area contributed by atoms with E-state index >= 15 is 0 Å². The van der Waals surface area contributed by atoms with Gasteiger partial charge in [0.25, 0.3) is 0 Å². The Hall–Kier alpha value is -3.02. The molecule has 1 heterocycles. The number of hydrogen-bond donors (Lipinski definition) is 0. The summed E-state index contributed by atoms with van der Waals surface area (Å²) in [5.41, 5.74) is -0.286. The van der Waals surface area contributed by atoms with Crippen LogP contribution in [0.4, 0.5) is 8.78 Å². The van der Waals surface area contributed by atoms with E-state index < -0.39 is 29.3 Å². The van der Waals surface area contributed by atoms with Gasteiger partial charge in [-0.05, 0) is 38.1 Å². The van der Waals surface area contributed by atoms with Crippen LogP contribution in [0.2, 0.25) is 0 Å². The van der Waals surface area contributed by atoms with Crippen molar-refractivity contribution in [1.29, 1.82) is 0 Å². The van der Waals surface area contributed by atoms with Crippen LogP contribution in [-0.2, 0) is 24.7 Å². The molecule has 0 saturated carbocycles. The number of hydrogen-bond acceptors (Lipinski definition) is 4. The molecule has 27 heavy (non-hydrogen) atoms. The number of allylic oxidation sites excluding steroid dienone is 1. The summed E-state index contributed by atoms with van der Waals surface area (Å²) in [5, 5.41) is 0. The maximum Gasteiger partial charge on any atom is 0.303 e. The molecule has 4 nitrogen and oxygen atoms in total. The molecule has 0 saturated heterocycles. The molecular weight excluding hydrogens is 354 g/mol. The molecule has 6 heteroatoms. The standard InChI is InChI=1S/C21H18F2O4/c1-12(24)19-13(2)27-21(20(19)26-14(3)25,15-4-8-17(22)9-5-15)16-6-10-18(23)11-7-16/h4-11,20H,1-3H3. The highest BCUT2D eigenvalue weighted by Crippen LogP contribution is 2.48. The van der Waals surface area contributed by atoms with E-state index in [1.807, 2.05) is 0 Å². The lowest BCUT2D eigenvalue weighted by atomic mass is 9.79. The van der Waals surface area contributed by atoms with Crippen molar-refractivity contribution in [2.24, 2.45) is 0 Å². The summed E-state index contributed by atoms with van der Waals surface area (Å²) in [4.78, 5) is 24.1. The number of carbonyl (C=O) groups excluding carboxylic acids is 2. The van der Waals surface area contributed by atoms with Gasteiger partial charge in [0.05, 0.1) is 5.57 Å². The third kappa shape index (κ3) is 3.23. The fraction of sp³-hybridized carbons (Fsp3) is 0.238. The van der Waals surface area contributed by atoms with E-state index in [4.69, 9.17) is 9.47 Å². The molecule has 0 fully saturated rings. The van der Waals surface area contributed by atoms with E-state index in [2.05, 4.69) is 0 Å². The van der Waals surface area contributed by atoms with Gasteiger partial charge < -0.3 is 9.47 Å². The Labute approximate surface area is 155 Å². The van der Waals surface area contributed by atoms with Gasteiger partial charge in [-0.1, -0.05) is 24.3 Å². The minimum atomic E-state index is -1.43. The number of rotatable bonds is 4.